The van der Waals surface area contributed by atoms with Gasteiger partial charge in [-0.25, -0.2) is 0 Å². The molecule has 110 valence electrons. The summed E-state index contributed by atoms with van der Waals surface area (Å²) in [5, 5.41) is 5.16. The Balaban J connectivity index is 1.84. The fraction of sp³-hybridized carbons (Fsp3) is 0.105. The van der Waals surface area contributed by atoms with E-state index < -0.39 is 0 Å². The molecule has 3 heteroatoms. The second-order valence-electron chi connectivity index (χ2n) is 5.10. The number of para-hydroxylation sites is 2. The van der Waals surface area contributed by atoms with Gasteiger partial charge in [0.2, 0.25) is 5.91 Å². The fourth-order valence-corrected chi connectivity index (χ4v) is 2.46. The number of carbonyl (C=O) groups excluding carboxylic acids is 1. The van der Waals surface area contributed by atoms with Crippen LogP contribution in [-0.4, -0.2) is 5.91 Å². The number of rotatable bonds is 4. The first kappa shape index (κ1) is 14.1. The molecule has 22 heavy (non-hydrogen) atoms. The third-order valence-electron chi connectivity index (χ3n) is 3.46. The normalized spacial score (nSPS) is 10.4. The Labute approximate surface area is 129 Å². The number of hydrogen-bond acceptors (Lipinski definition) is 2. The molecule has 3 aromatic carbocycles. The second kappa shape index (κ2) is 6.31. The molecular weight excluding hydrogens is 274 g/mol. The van der Waals surface area contributed by atoms with Gasteiger partial charge < -0.3 is 10.1 Å². The van der Waals surface area contributed by atoms with Crippen LogP contribution in [0.4, 0.5) is 5.69 Å². The molecule has 0 heterocycles. The van der Waals surface area contributed by atoms with E-state index in [2.05, 4.69) is 29.6 Å². The maximum Gasteiger partial charge on any atom is 0.221 e. The second-order valence-corrected chi connectivity index (χ2v) is 5.10. The Bertz CT molecular complexity index is 806. The maximum atomic E-state index is 11.2. The van der Waals surface area contributed by atoms with Crippen molar-refractivity contribution in [2.24, 2.45) is 0 Å². The molecule has 0 spiro atoms. The van der Waals surface area contributed by atoms with E-state index in [1.807, 2.05) is 42.5 Å². The Hall–Kier alpha value is -2.81. The van der Waals surface area contributed by atoms with Crippen LogP contribution in [-0.2, 0) is 11.4 Å². The van der Waals surface area contributed by atoms with Crippen LogP contribution < -0.4 is 10.1 Å². The summed E-state index contributed by atoms with van der Waals surface area (Å²) in [7, 11) is 0. The number of anilines is 1. The Morgan fingerprint density at radius 2 is 1.68 bits per heavy atom. The van der Waals surface area contributed by atoms with Crippen LogP contribution in [0.5, 0.6) is 5.75 Å². The van der Waals surface area contributed by atoms with Crippen molar-refractivity contribution in [1.82, 2.24) is 0 Å². The zero-order chi connectivity index (χ0) is 15.4. The van der Waals surface area contributed by atoms with Gasteiger partial charge in [-0.3, -0.25) is 4.79 Å². The van der Waals surface area contributed by atoms with Crippen LogP contribution in [0, 0.1) is 0 Å². The van der Waals surface area contributed by atoms with Gasteiger partial charge in [0.15, 0.2) is 0 Å². The van der Waals surface area contributed by atoms with E-state index in [-0.39, 0.29) is 5.91 Å². The SMILES string of the molecule is CC(=O)Nc1ccccc1OCc1cccc2ccccc12. The molecule has 0 aromatic heterocycles. The number of benzene rings is 3. The molecule has 1 amide bonds. The molecule has 0 bridgehead atoms. The first-order valence-corrected chi connectivity index (χ1v) is 7.20. The summed E-state index contributed by atoms with van der Waals surface area (Å²) in [6.07, 6.45) is 0. The monoisotopic (exact) mass is 291 g/mol. The van der Waals surface area contributed by atoms with Crippen molar-refractivity contribution < 1.29 is 9.53 Å². The highest BCUT2D eigenvalue weighted by molar-refractivity contribution is 5.90. The third-order valence-corrected chi connectivity index (χ3v) is 3.46. The van der Waals surface area contributed by atoms with Gasteiger partial charge in [0.25, 0.3) is 0 Å². The molecule has 0 saturated carbocycles. The quantitative estimate of drug-likeness (QED) is 0.774. The topological polar surface area (TPSA) is 38.3 Å². The average Bonchev–Trinajstić information content (AvgIpc) is 2.53. The lowest BCUT2D eigenvalue weighted by Gasteiger charge is -2.13. The van der Waals surface area contributed by atoms with Gasteiger partial charge >= 0.3 is 0 Å². The molecule has 3 rings (SSSR count). The Morgan fingerprint density at radius 3 is 2.55 bits per heavy atom. The smallest absolute Gasteiger partial charge is 0.221 e. The third kappa shape index (κ3) is 3.09. The molecule has 3 nitrogen and oxygen atoms in total. The number of carbonyl (C=O) groups is 1. The van der Waals surface area contributed by atoms with Crippen LogP contribution in [0.15, 0.2) is 66.7 Å². The average molecular weight is 291 g/mol. The molecule has 0 radical (unpaired) electrons. The standard InChI is InChI=1S/C19H17NO2/c1-14(21)20-18-11-4-5-12-19(18)22-13-16-9-6-8-15-7-2-3-10-17(15)16/h2-12H,13H2,1H3,(H,20,21). The van der Waals surface area contributed by atoms with Crippen molar-refractivity contribution in [3.8, 4) is 5.75 Å². The van der Waals surface area contributed by atoms with Crippen molar-refractivity contribution in [3.63, 3.8) is 0 Å². The summed E-state index contributed by atoms with van der Waals surface area (Å²) >= 11 is 0. The number of fused-ring (bicyclic) bond motifs is 1. The van der Waals surface area contributed by atoms with Gasteiger partial charge in [-0.1, -0.05) is 54.6 Å². The maximum absolute atomic E-state index is 11.2. The number of ether oxygens (including phenoxy) is 1. The minimum Gasteiger partial charge on any atom is -0.487 e. The van der Waals surface area contributed by atoms with Crippen molar-refractivity contribution in [1.29, 1.82) is 0 Å². The van der Waals surface area contributed by atoms with Crippen LogP contribution in [0.3, 0.4) is 0 Å². The van der Waals surface area contributed by atoms with Crippen LogP contribution >= 0.6 is 0 Å². The number of hydrogen-bond donors (Lipinski definition) is 1. The van der Waals surface area contributed by atoms with Crippen molar-refractivity contribution >= 4 is 22.4 Å². The van der Waals surface area contributed by atoms with Crippen LogP contribution in [0.2, 0.25) is 0 Å². The van der Waals surface area contributed by atoms with Crippen molar-refractivity contribution in [2.75, 3.05) is 5.32 Å². The van der Waals surface area contributed by atoms with E-state index in [0.717, 1.165) is 5.56 Å². The summed E-state index contributed by atoms with van der Waals surface area (Å²) in [5.74, 6) is 0.562. The molecular formula is C19H17NO2. The number of nitrogens with one attached hydrogen (secondary N) is 1. The summed E-state index contributed by atoms with van der Waals surface area (Å²) in [5.41, 5.74) is 1.81. The molecule has 1 N–H and O–H groups in total. The summed E-state index contributed by atoms with van der Waals surface area (Å²) in [4.78, 5) is 11.2. The summed E-state index contributed by atoms with van der Waals surface area (Å²) in [6.45, 7) is 1.94. The predicted octanol–water partition coefficient (Wildman–Crippen LogP) is 4.38. The first-order chi connectivity index (χ1) is 10.7. The Kier molecular flexibility index (Phi) is 4.05. The van der Waals surface area contributed by atoms with E-state index in [4.69, 9.17) is 4.74 Å². The van der Waals surface area contributed by atoms with E-state index in [0.29, 0.717) is 18.0 Å². The van der Waals surface area contributed by atoms with Gasteiger partial charge in [-0.15, -0.1) is 0 Å². The highest BCUT2D eigenvalue weighted by Crippen LogP contribution is 2.26. The van der Waals surface area contributed by atoms with E-state index in [9.17, 15) is 4.79 Å². The van der Waals surface area contributed by atoms with Crippen LogP contribution in [0.25, 0.3) is 10.8 Å². The van der Waals surface area contributed by atoms with E-state index in [1.165, 1.54) is 17.7 Å². The first-order valence-electron chi connectivity index (χ1n) is 7.20. The molecule has 0 unspecified atom stereocenters. The lowest BCUT2D eigenvalue weighted by Crippen LogP contribution is -2.07. The minimum absolute atomic E-state index is 0.110. The molecule has 0 aliphatic heterocycles. The zero-order valence-electron chi connectivity index (χ0n) is 12.4. The lowest BCUT2D eigenvalue weighted by molar-refractivity contribution is -0.114. The molecule has 0 atom stereocenters. The summed E-state index contributed by atoms with van der Waals surface area (Å²) < 4.78 is 5.92. The number of amides is 1. The molecule has 0 fully saturated rings. The van der Waals surface area contributed by atoms with Gasteiger partial charge in [0.05, 0.1) is 5.69 Å². The van der Waals surface area contributed by atoms with Gasteiger partial charge in [0.1, 0.15) is 12.4 Å². The van der Waals surface area contributed by atoms with Crippen molar-refractivity contribution in [2.45, 2.75) is 13.5 Å². The predicted molar refractivity (Wildman–Crippen MR) is 89.0 cm³/mol. The van der Waals surface area contributed by atoms with E-state index >= 15 is 0 Å². The summed E-state index contributed by atoms with van der Waals surface area (Å²) in [6, 6.07) is 21.9. The van der Waals surface area contributed by atoms with Gasteiger partial charge in [-0.05, 0) is 28.5 Å². The van der Waals surface area contributed by atoms with Crippen molar-refractivity contribution in [3.05, 3.63) is 72.3 Å². The largest absolute Gasteiger partial charge is 0.487 e. The molecule has 3 aromatic rings. The molecule has 0 aliphatic rings. The zero-order valence-corrected chi connectivity index (χ0v) is 12.4. The highest BCUT2D eigenvalue weighted by atomic mass is 16.5. The van der Waals surface area contributed by atoms with Gasteiger partial charge in [0, 0.05) is 6.92 Å². The fourth-order valence-electron chi connectivity index (χ4n) is 2.46. The highest BCUT2D eigenvalue weighted by Gasteiger charge is 2.06. The lowest BCUT2D eigenvalue weighted by atomic mass is 10.1. The molecule has 0 saturated heterocycles. The minimum atomic E-state index is -0.110. The Morgan fingerprint density at radius 1 is 0.955 bits per heavy atom. The van der Waals surface area contributed by atoms with E-state index in [1.54, 1.807) is 0 Å². The molecule has 0 aliphatic carbocycles. The van der Waals surface area contributed by atoms with Gasteiger partial charge in [-0.2, -0.15) is 0 Å². The van der Waals surface area contributed by atoms with Crippen LogP contribution in [0.1, 0.15) is 12.5 Å².